The highest BCUT2D eigenvalue weighted by atomic mass is 79.9. The maximum atomic E-state index is 6.12. The zero-order valence-corrected chi connectivity index (χ0v) is 13.5. The van der Waals surface area contributed by atoms with Crippen LogP contribution in [0.5, 0.6) is 11.5 Å². The van der Waals surface area contributed by atoms with E-state index in [9.17, 15) is 0 Å². The van der Waals surface area contributed by atoms with Gasteiger partial charge in [0, 0.05) is 0 Å². The van der Waals surface area contributed by atoms with Gasteiger partial charge < -0.3 is 14.8 Å². The number of fused-ring (bicyclic) bond motifs is 1. The van der Waals surface area contributed by atoms with E-state index in [1.165, 1.54) is 0 Å². The Balaban J connectivity index is 1.75. The Bertz CT molecular complexity index is 613. The van der Waals surface area contributed by atoms with Gasteiger partial charge in [-0.25, -0.2) is 0 Å². The summed E-state index contributed by atoms with van der Waals surface area (Å²) in [6.07, 6.45) is 1.03. The van der Waals surface area contributed by atoms with Crippen LogP contribution in [0.15, 0.2) is 46.9 Å². The van der Waals surface area contributed by atoms with Gasteiger partial charge in [0.2, 0.25) is 0 Å². The minimum atomic E-state index is 0.0106. The van der Waals surface area contributed by atoms with Crippen LogP contribution in [0.4, 0.5) is 5.69 Å². The first-order valence-electron chi connectivity index (χ1n) is 7.19. The molecule has 2 aromatic carbocycles. The number of para-hydroxylation sites is 1. The van der Waals surface area contributed by atoms with E-state index >= 15 is 0 Å². The van der Waals surface area contributed by atoms with Gasteiger partial charge in [-0.05, 0) is 52.2 Å². The van der Waals surface area contributed by atoms with Gasteiger partial charge in [0.1, 0.15) is 11.9 Å². The number of ether oxygens (including phenoxy) is 2. The van der Waals surface area contributed by atoms with E-state index < -0.39 is 0 Å². The Labute approximate surface area is 133 Å². The average Bonchev–Trinajstić information content (AvgIpc) is 2.54. The first kappa shape index (κ1) is 14.3. The standard InChI is InChI=1S/C17H18BrNO2/c1-2-10-20-13-8-6-12(7-9-13)16-11-19-15-5-3-4-14(18)17(15)21-16/h3-9,16,19H,2,10-11H2,1H3. The number of hydrogen-bond acceptors (Lipinski definition) is 3. The molecule has 0 aliphatic carbocycles. The fourth-order valence-electron chi connectivity index (χ4n) is 2.34. The molecular weight excluding hydrogens is 330 g/mol. The van der Waals surface area contributed by atoms with Crippen molar-refractivity contribution in [3.8, 4) is 11.5 Å². The minimum absolute atomic E-state index is 0.0106. The second-order valence-electron chi connectivity index (χ2n) is 5.02. The SMILES string of the molecule is CCCOc1ccc(C2CNc3cccc(Br)c3O2)cc1. The van der Waals surface area contributed by atoms with Crippen LogP contribution in [0.3, 0.4) is 0 Å². The highest BCUT2D eigenvalue weighted by Gasteiger charge is 2.22. The molecule has 1 aliphatic heterocycles. The van der Waals surface area contributed by atoms with Crippen molar-refractivity contribution in [1.29, 1.82) is 0 Å². The minimum Gasteiger partial charge on any atom is -0.494 e. The molecule has 0 amide bonds. The summed E-state index contributed by atoms with van der Waals surface area (Å²) in [6.45, 7) is 3.62. The number of nitrogens with one attached hydrogen (secondary N) is 1. The topological polar surface area (TPSA) is 30.5 Å². The third kappa shape index (κ3) is 3.16. The fraction of sp³-hybridized carbons (Fsp3) is 0.294. The highest BCUT2D eigenvalue weighted by molar-refractivity contribution is 9.10. The molecule has 110 valence electrons. The van der Waals surface area contributed by atoms with Gasteiger partial charge in [0.05, 0.1) is 23.3 Å². The molecule has 0 saturated heterocycles. The Morgan fingerprint density at radius 1 is 1.24 bits per heavy atom. The Hall–Kier alpha value is -1.68. The summed E-state index contributed by atoms with van der Waals surface area (Å²) in [4.78, 5) is 0. The normalized spacial score (nSPS) is 16.6. The van der Waals surface area contributed by atoms with E-state index in [2.05, 4.69) is 40.3 Å². The molecule has 21 heavy (non-hydrogen) atoms. The Morgan fingerprint density at radius 2 is 2.05 bits per heavy atom. The lowest BCUT2D eigenvalue weighted by atomic mass is 10.1. The Morgan fingerprint density at radius 3 is 2.81 bits per heavy atom. The third-order valence-electron chi connectivity index (χ3n) is 3.43. The number of halogens is 1. The van der Waals surface area contributed by atoms with Crippen LogP contribution in [0.1, 0.15) is 25.0 Å². The van der Waals surface area contributed by atoms with Crippen LogP contribution in [-0.4, -0.2) is 13.2 Å². The monoisotopic (exact) mass is 347 g/mol. The molecule has 4 heteroatoms. The van der Waals surface area contributed by atoms with E-state index in [0.717, 1.165) is 46.8 Å². The summed E-state index contributed by atoms with van der Waals surface area (Å²) >= 11 is 3.54. The number of rotatable bonds is 4. The van der Waals surface area contributed by atoms with Crippen molar-refractivity contribution < 1.29 is 9.47 Å². The smallest absolute Gasteiger partial charge is 0.157 e. The van der Waals surface area contributed by atoms with Crippen LogP contribution >= 0.6 is 15.9 Å². The predicted octanol–water partition coefficient (Wildman–Crippen LogP) is 4.78. The summed E-state index contributed by atoms with van der Waals surface area (Å²) in [7, 11) is 0. The molecule has 3 nitrogen and oxygen atoms in total. The van der Waals surface area contributed by atoms with Gasteiger partial charge in [0.15, 0.2) is 5.75 Å². The molecule has 1 heterocycles. The summed E-state index contributed by atoms with van der Waals surface area (Å²) in [6, 6.07) is 14.2. The first-order chi connectivity index (χ1) is 10.3. The third-order valence-corrected chi connectivity index (χ3v) is 4.05. The van der Waals surface area contributed by atoms with Crippen molar-refractivity contribution in [3.05, 3.63) is 52.5 Å². The number of anilines is 1. The summed E-state index contributed by atoms with van der Waals surface area (Å²) in [5.74, 6) is 1.78. The van der Waals surface area contributed by atoms with E-state index in [1.807, 2.05) is 30.3 Å². The number of hydrogen-bond donors (Lipinski definition) is 1. The molecule has 0 radical (unpaired) electrons. The zero-order valence-electron chi connectivity index (χ0n) is 11.9. The van der Waals surface area contributed by atoms with Crippen molar-refractivity contribution in [2.45, 2.75) is 19.4 Å². The van der Waals surface area contributed by atoms with E-state index in [1.54, 1.807) is 0 Å². The van der Waals surface area contributed by atoms with Crippen LogP contribution < -0.4 is 14.8 Å². The van der Waals surface area contributed by atoms with Crippen LogP contribution in [-0.2, 0) is 0 Å². The van der Waals surface area contributed by atoms with Crippen molar-refractivity contribution >= 4 is 21.6 Å². The Kier molecular flexibility index (Phi) is 4.34. The lowest BCUT2D eigenvalue weighted by Crippen LogP contribution is -2.23. The van der Waals surface area contributed by atoms with Crippen LogP contribution in [0, 0.1) is 0 Å². The van der Waals surface area contributed by atoms with E-state index in [0.29, 0.717) is 0 Å². The van der Waals surface area contributed by atoms with Crippen molar-refractivity contribution in [3.63, 3.8) is 0 Å². The molecule has 1 atom stereocenters. The first-order valence-corrected chi connectivity index (χ1v) is 7.99. The molecule has 1 aliphatic rings. The highest BCUT2D eigenvalue weighted by Crippen LogP contribution is 2.39. The fourth-order valence-corrected chi connectivity index (χ4v) is 2.80. The molecule has 1 N–H and O–H groups in total. The zero-order chi connectivity index (χ0) is 14.7. The number of benzene rings is 2. The molecule has 0 bridgehead atoms. The second kappa shape index (κ2) is 6.39. The van der Waals surface area contributed by atoms with Crippen LogP contribution in [0.25, 0.3) is 0 Å². The van der Waals surface area contributed by atoms with Crippen LogP contribution in [0.2, 0.25) is 0 Å². The lowest BCUT2D eigenvalue weighted by Gasteiger charge is -2.28. The molecule has 0 spiro atoms. The quantitative estimate of drug-likeness (QED) is 0.862. The molecule has 2 aromatic rings. The van der Waals surface area contributed by atoms with Gasteiger partial charge in [-0.2, -0.15) is 0 Å². The van der Waals surface area contributed by atoms with Crippen molar-refractivity contribution in [2.24, 2.45) is 0 Å². The lowest BCUT2D eigenvalue weighted by molar-refractivity contribution is 0.209. The maximum absolute atomic E-state index is 6.12. The van der Waals surface area contributed by atoms with E-state index in [-0.39, 0.29) is 6.10 Å². The molecular formula is C17H18BrNO2. The van der Waals surface area contributed by atoms with Gasteiger partial charge in [0.25, 0.3) is 0 Å². The summed E-state index contributed by atoms with van der Waals surface area (Å²) < 4.78 is 12.7. The van der Waals surface area contributed by atoms with Crippen molar-refractivity contribution in [2.75, 3.05) is 18.5 Å². The predicted molar refractivity (Wildman–Crippen MR) is 88.2 cm³/mol. The molecule has 0 aromatic heterocycles. The van der Waals surface area contributed by atoms with E-state index in [4.69, 9.17) is 9.47 Å². The van der Waals surface area contributed by atoms with Gasteiger partial charge in [-0.3, -0.25) is 0 Å². The molecule has 0 saturated carbocycles. The van der Waals surface area contributed by atoms with Crippen molar-refractivity contribution in [1.82, 2.24) is 0 Å². The van der Waals surface area contributed by atoms with Gasteiger partial charge >= 0.3 is 0 Å². The van der Waals surface area contributed by atoms with Gasteiger partial charge in [-0.1, -0.05) is 25.1 Å². The molecule has 0 fully saturated rings. The van der Waals surface area contributed by atoms with Gasteiger partial charge in [-0.15, -0.1) is 0 Å². The largest absolute Gasteiger partial charge is 0.494 e. The summed E-state index contributed by atoms with van der Waals surface area (Å²) in [5, 5.41) is 3.41. The second-order valence-corrected chi connectivity index (χ2v) is 5.88. The summed E-state index contributed by atoms with van der Waals surface area (Å²) in [5.41, 5.74) is 2.18. The average molecular weight is 348 g/mol. The molecule has 3 rings (SSSR count). The maximum Gasteiger partial charge on any atom is 0.157 e. The molecule has 1 unspecified atom stereocenters.